The molecule has 98 valence electrons. The molecule has 0 amide bonds. The molecule has 0 radical (unpaired) electrons. The van der Waals surface area contributed by atoms with Crippen molar-refractivity contribution in [2.75, 3.05) is 6.54 Å². The summed E-state index contributed by atoms with van der Waals surface area (Å²) in [7, 11) is 0. The Morgan fingerprint density at radius 1 is 1.44 bits per heavy atom. The van der Waals surface area contributed by atoms with E-state index < -0.39 is 29.1 Å². The molecule has 0 saturated heterocycles. The number of aromatic hydroxyl groups is 1. The van der Waals surface area contributed by atoms with Gasteiger partial charge >= 0.3 is 0 Å². The summed E-state index contributed by atoms with van der Waals surface area (Å²) < 4.78 is 26.1. The van der Waals surface area contributed by atoms with E-state index in [1.165, 1.54) is 0 Å². The summed E-state index contributed by atoms with van der Waals surface area (Å²) in [5, 5.41) is 20.3. The van der Waals surface area contributed by atoms with Crippen LogP contribution in [0.1, 0.15) is 18.4 Å². The topological polar surface area (TPSA) is 89.4 Å². The second-order valence-corrected chi connectivity index (χ2v) is 4.65. The maximum atomic E-state index is 13.1. The molecule has 0 heterocycles. The Balaban J connectivity index is 2.49. The van der Waals surface area contributed by atoms with Gasteiger partial charge in [0, 0.05) is 36.4 Å². The number of nitrogens with zero attached hydrogens (tertiary/aromatic N) is 1. The first-order valence-corrected chi connectivity index (χ1v) is 5.35. The highest BCUT2D eigenvalue weighted by molar-refractivity contribution is 5.51. The van der Waals surface area contributed by atoms with Crippen LogP contribution in [0, 0.1) is 10.1 Å². The van der Waals surface area contributed by atoms with Crippen molar-refractivity contribution in [1.29, 1.82) is 0 Å². The Kier molecular flexibility index (Phi) is 2.73. The lowest BCUT2D eigenvalue weighted by Gasteiger charge is -2.46. The molecule has 0 spiro atoms. The molecule has 0 aliphatic heterocycles. The average Bonchev–Trinajstić information content (AvgIpc) is 2.24. The number of rotatable bonds is 3. The zero-order valence-electron chi connectivity index (χ0n) is 9.40. The van der Waals surface area contributed by atoms with Crippen molar-refractivity contribution in [3.63, 3.8) is 0 Å². The molecule has 3 N–H and O–H groups in total. The molecule has 1 aromatic carbocycles. The van der Waals surface area contributed by atoms with Crippen LogP contribution in [0.4, 0.5) is 14.5 Å². The molecule has 2 rings (SSSR count). The smallest absolute Gasteiger partial charge is 0.273 e. The maximum absolute atomic E-state index is 13.1. The molecule has 5 nitrogen and oxygen atoms in total. The highest BCUT2D eigenvalue weighted by Gasteiger charge is 2.58. The van der Waals surface area contributed by atoms with Crippen molar-refractivity contribution >= 4 is 5.69 Å². The summed E-state index contributed by atoms with van der Waals surface area (Å²) in [5.74, 6) is -3.04. The molecule has 1 aliphatic rings. The first kappa shape index (κ1) is 12.7. The summed E-state index contributed by atoms with van der Waals surface area (Å²) in [6.07, 6.45) is -1.05. The van der Waals surface area contributed by atoms with E-state index in [9.17, 15) is 24.0 Å². The Morgan fingerprint density at radius 3 is 2.50 bits per heavy atom. The minimum Gasteiger partial charge on any atom is -0.508 e. The van der Waals surface area contributed by atoms with Gasteiger partial charge in [-0.15, -0.1) is 0 Å². The number of nitrogens with two attached hydrogens (primary N) is 1. The van der Waals surface area contributed by atoms with Crippen molar-refractivity contribution in [1.82, 2.24) is 0 Å². The van der Waals surface area contributed by atoms with Gasteiger partial charge in [-0.1, -0.05) is 0 Å². The highest BCUT2D eigenvalue weighted by Crippen LogP contribution is 2.55. The monoisotopic (exact) mass is 258 g/mol. The Labute approximate surface area is 101 Å². The molecular weight excluding hydrogens is 246 g/mol. The second kappa shape index (κ2) is 3.88. The molecule has 1 saturated carbocycles. The number of alkyl halides is 2. The Bertz CT molecular complexity index is 497. The van der Waals surface area contributed by atoms with E-state index in [-0.39, 0.29) is 23.5 Å². The Morgan fingerprint density at radius 2 is 2.06 bits per heavy atom. The molecule has 0 atom stereocenters. The van der Waals surface area contributed by atoms with Crippen LogP contribution in [-0.4, -0.2) is 22.5 Å². The van der Waals surface area contributed by atoms with Crippen LogP contribution in [0.2, 0.25) is 0 Å². The van der Waals surface area contributed by atoms with Gasteiger partial charge in [0.2, 0.25) is 5.92 Å². The third-order valence-corrected chi connectivity index (χ3v) is 3.33. The zero-order valence-corrected chi connectivity index (χ0v) is 9.40. The first-order valence-electron chi connectivity index (χ1n) is 5.35. The summed E-state index contributed by atoms with van der Waals surface area (Å²) in [4.78, 5) is 10.2. The van der Waals surface area contributed by atoms with Gasteiger partial charge < -0.3 is 10.8 Å². The van der Waals surface area contributed by atoms with E-state index in [0.29, 0.717) is 0 Å². The lowest BCUT2D eigenvalue weighted by molar-refractivity contribution is -0.386. The van der Waals surface area contributed by atoms with E-state index in [2.05, 4.69) is 0 Å². The first-order chi connectivity index (χ1) is 8.30. The van der Waals surface area contributed by atoms with Gasteiger partial charge in [-0.25, -0.2) is 8.78 Å². The van der Waals surface area contributed by atoms with Crippen LogP contribution in [0.25, 0.3) is 0 Å². The number of phenols is 1. The number of nitro benzene ring substituents is 1. The number of phenolic OH excluding ortho intramolecular Hbond substituents is 1. The van der Waals surface area contributed by atoms with E-state index >= 15 is 0 Å². The van der Waals surface area contributed by atoms with Crippen molar-refractivity contribution in [3.05, 3.63) is 33.9 Å². The number of hydrogen-bond donors (Lipinski definition) is 2. The van der Waals surface area contributed by atoms with Crippen LogP contribution in [-0.2, 0) is 5.41 Å². The predicted octanol–water partition coefficient (Wildman–Crippen LogP) is 1.93. The summed E-state index contributed by atoms with van der Waals surface area (Å²) in [5.41, 5.74) is 4.18. The van der Waals surface area contributed by atoms with Gasteiger partial charge in [0.05, 0.1) is 4.92 Å². The second-order valence-electron chi connectivity index (χ2n) is 4.65. The third-order valence-electron chi connectivity index (χ3n) is 3.33. The van der Waals surface area contributed by atoms with Crippen molar-refractivity contribution in [3.8, 4) is 5.75 Å². The van der Waals surface area contributed by atoms with E-state index in [1.807, 2.05) is 0 Å². The molecule has 1 aromatic rings. The molecule has 7 heteroatoms. The molecular formula is C11H12F2N2O3. The lowest BCUT2D eigenvalue weighted by Crippen LogP contribution is -2.53. The van der Waals surface area contributed by atoms with Crippen LogP contribution in [0.5, 0.6) is 5.75 Å². The quantitative estimate of drug-likeness (QED) is 0.640. The van der Waals surface area contributed by atoms with Gasteiger partial charge in [0.25, 0.3) is 5.69 Å². The minimum absolute atomic E-state index is 0.0842. The van der Waals surface area contributed by atoms with Gasteiger partial charge in [-0.2, -0.15) is 0 Å². The molecule has 0 aromatic heterocycles. The molecule has 0 bridgehead atoms. The standard InChI is InChI=1S/C11H12F2N2O3/c12-11(13)4-10(5-11,6-14)8-3-7(16)1-2-9(8)15(17)18/h1-3,16H,4-6,14H2. The summed E-state index contributed by atoms with van der Waals surface area (Å²) in [6, 6.07) is 3.42. The fourth-order valence-electron chi connectivity index (χ4n) is 2.49. The SMILES string of the molecule is NCC1(c2cc(O)ccc2[N+](=O)[O-])CC(F)(F)C1. The van der Waals surface area contributed by atoms with Gasteiger partial charge in [-0.05, 0) is 12.1 Å². The van der Waals surface area contributed by atoms with Crippen LogP contribution < -0.4 is 5.73 Å². The molecule has 18 heavy (non-hydrogen) atoms. The summed E-state index contributed by atoms with van der Waals surface area (Å²) in [6.45, 7) is -0.118. The van der Waals surface area contributed by atoms with Gasteiger partial charge in [-0.3, -0.25) is 10.1 Å². The minimum atomic E-state index is -2.85. The van der Waals surface area contributed by atoms with Crippen molar-refractivity contribution in [2.45, 2.75) is 24.2 Å². The van der Waals surface area contributed by atoms with Crippen LogP contribution in [0.3, 0.4) is 0 Å². The largest absolute Gasteiger partial charge is 0.508 e. The normalized spacial score (nSPS) is 20.2. The number of hydrogen-bond acceptors (Lipinski definition) is 4. The fourth-order valence-corrected chi connectivity index (χ4v) is 2.49. The van der Waals surface area contributed by atoms with Crippen molar-refractivity contribution in [2.24, 2.45) is 5.73 Å². The number of halogens is 2. The Hall–Kier alpha value is -1.76. The van der Waals surface area contributed by atoms with Crippen molar-refractivity contribution < 1.29 is 18.8 Å². The van der Waals surface area contributed by atoms with Gasteiger partial charge in [0.15, 0.2) is 0 Å². The third kappa shape index (κ3) is 1.90. The molecule has 0 unspecified atom stereocenters. The van der Waals surface area contributed by atoms with Gasteiger partial charge in [0.1, 0.15) is 5.75 Å². The highest BCUT2D eigenvalue weighted by atomic mass is 19.3. The average molecular weight is 258 g/mol. The van der Waals surface area contributed by atoms with Crippen LogP contribution in [0.15, 0.2) is 18.2 Å². The number of nitro groups is 1. The van der Waals surface area contributed by atoms with E-state index in [0.717, 1.165) is 18.2 Å². The maximum Gasteiger partial charge on any atom is 0.273 e. The fraction of sp³-hybridized carbons (Fsp3) is 0.455. The van der Waals surface area contributed by atoms with Crippen LogP contribution >= 0.6 is 0 Å². The molecule has 1 fully saturated rings. The number of benzene rings is 1. The van der Waals surface area contributed by atoms with E-state index in [1.54, 1.807) is 0 Å². The lowest BCUT2D eigenvalue weighted by atomic mass is 9.61. The van der Waals surface area contributed by atoms with E-state index in [4.69, 9.17) is 5.73 Å². The zero-order chi connectivity index (χ0) is 13.6. The summed E-state index contributed by atoms with van der Waals surface area (Å²) >= 11 is 0. The molecule has 1 aliphatic carbocycles. The predicted molar refractivity (Wildman–Crippen MR) is 59.7 cm³/mol.